The van der Waals surface area contributed by atoms with Crippen LogP contribution in [0, 0.1) is 0 Å². The van der Waals surface area contributed by atoms with Gasteiger partial charge in [0.1, 0.15) is 5.75 Å². The third-order valence-electron chi connectivity index (χ3n) is 2.09. The van der Waals surface area contributed by atoms with E-state index in [9.17, 15) is 0 Å². The van der Waals surface area contributed by atoms with Gasteiger partial charge in [-0.3, -0.25) is 0 Å². The Balaban J connectivity index is 2.91. The quantitative estimate of drug-likeness (QED) is 0.798. The highest BCUT2D eigenvalue weighted by atomic mass is 16.5. The second-order valence-electron chi connectivity index (χ2n) is 3.79. The molecule has 2 nitrogen and oxygen atoms in total. The molecule has 0 bridgehead atoms. The molecule has 0 saturated heterocycles. The third-order valence-corrected chi connectivity index (χ3v) is 2.09. The van der Waals surface area contributed by atoms with Crippen molar-refractivity contribution in [1.82, 2.24) is 0 Å². The van der Waals surface area contributed by atoms with Gasteiger partial charge in [0.05, 0.1) is 6.10 Å². The average Bonchev–Trinajstić information content (AvgIpc) is 2.16. The summed E-state index contributed by atoms with van der Waals surface area (Å²) in [5, 5.41) is 9.09. The van der Waals surface area contributed by atoms with E-state index >= 15 is 0 Å². The van der Waals surface area contributed by atoms with Gasteiger partial charge in [-0.15, -0.1) is 0 Å². The molecule has 1 aromatic carbocycles. The molecule has 2 heteroatoms. The number of benzene rings is 1. The zero-order chi connectivity index (χ0) is 10.6. The highest BCUT2D eigenvalue weighted by Gasteiger charge is 2.10. The van der Waals surface area contributed by atoms with Gasteiger partial charge < -0.3 is 9.84 Å². The molecule has 0 fully saturated rings. The topological polar surface area (TPSA) is 29.5 Å². The number of hydrogen-bond acceptors (Lipinski definition) is 2. The zero-order valence-electron chi connectivity index (χ0n) is 9.03. The fourth-order valence-corrected chi connectivity index (χ4v) is 1.35. The summed E-state index contributed by atoms with van der Waals surface area (Å²) in [6.45, 7) is 6.14. The Labute approximate surface area is 85.5 Å². The molecule has 0 aliphatic rings. The molecule has 78 valence electrons. The van der Waals surface area contributed by atoms with Gasteiger partial charge in [-0.05, 0) is 25.5 Å². The van der Waals surface area contributed by atoms with E-state index in [0.717, 1.165) is 11.3 Å². The van der Waals surface area contributed by atoms with Crippen LogP contribution in [0.5, 0.6) is 5.75 Å². The maximum Gasteiger partial charge on any atom is 0.123 e. The van der Waals surface area contributed by atoms with Crippen LogP contribution in [0.3, 0.4) is 0 Å². The van der Waals surface area contributed by atoms with Gasteiger partial charge in [0, 0.05) is 12.5 Å². The molecular weight excluding hydrogens is 176 g/mol. The van der Waals surface area contributed by atoms with Crippen molar-refractivity contribution in [3.8, 4) is 5.75 Å². The van der Waals surface area contributed by atoms with Crippen LogP contribution in [0.25, 0.3) is 0 Å². The predicted molar refractivity (Wildman–Crippen MR) is 57.7 cm³/mol. The summed E-state index contributed by atoms with van der Waals surface area (Å²) in [5.41, 5.74) is 1.07. The summed E-state index contributed by atoms with van der Waals surface area (Å²) < 4.78 is 5.66. The molecule has 0 aromatic heterocycles. The van der Waals surface area contributed by atoms with Crippen molar-refractivity contribution in [2.45, 2.75) is 32.8 Å². The highest BCUT2D eigenvalue weighted by molar-refractivity contribution is 5.36. The SMILES string of the molecule is CC(C)Oc1ccccc1C(C)CO. The summed E-state index contributed by atoms with van der Waals surface area (Å²) in [6, 6.07) is 7.86. The number of hydrogen-bond donors (Lipinski definition) is 1. The largest absolute Gasteiger partial charge is 0.491 e. The van der Waals surface area contributed by atoms with Crippen molar-refractivity contribution < 1.29 is 9.84 Å². The lowest BCUT2D eigenvalue weighted by atomic mass is 10.0. The van der Waals surface area contributed by atoms with Crippen molar-refractivity contribution in [2.24, 2.45) is 0 Å². The fraction of sp³-hybridized carbons (Fsp3) is 0.500. The van der Waals surface area contributed by atoms with Crippen molar-refractivity contribution >= 4 is 0 Å². The lowest BCUT2D eigenvalue weighted by Crippen LogP contribution is -2.09. The molecule has 0 spiro atoms. The van der Waals surface area contributed by atoms with Crippen molar-refractivity contribution in [3.63, 3.8) is 0 Å². The Bertz CT molecular complexity index is 281. The van der Waals surface area contributed by atoms with E-state index in [1.807, 2.05) is 45.0 Å². The minimum absolute atomic E-state index is 0.130. The first-order valence-corrected chi connectivity index (χ1v) is 5.01. The van der Waals surface area contributed by atoms with E-state index in [-0.39, 0.29) is 18.6 Å². The van der Waals surface area contributed by atoms with Gasteiger partial charge >= 0.3 is 0 Å². The first-order chi connectivity index (χ1) is 6.65. The minimum Gasteiger partial charge on any atom is -0.491 e. The van der Waals surface area contributed by atoms with Crippen LogP contribution >= 0.6 is 0 Å². The van der Waals surface area contributed by atoms with E-state index in [1.54, 1.807) is 0 Å². The van der Waals surface area contributed by atoms with Crippen molar-refractivity contribution in [3.05, 3.63) is 29.8 Å². The maximum atomic E-state index is 9.09. The lowest BCUT2D eigenvalue weighted by molar-refractivity contribution is 0.231. The summed E-state index contributed by atoms with van der Waals surface area (Å²) in [5.74, 6) is 1.01. The van der Waals surface area contributed by atoms with Crippen LogP contribution < -0.4 is 4.74 Å². The Kier molecular flexibility index (Phi) is 3.96. The molecule has 0 amide bonds. The monoisotopic (exact) mass is 194 g/mol. The molecule has 0 saturated carbocycles. The van der Waals surface area contributed by atoms with E-state index in [1.165, 1.54) is 0 Å². The third kappa shape index (κ3) is 2.74. The van der Waals surface area contributed by atoms with E-state index in [2.05, 4.69) is 0 Å². The smallest absolute Gasteiger partial charge is 0.123 e. The zero-order valence-corrected chi connectivity index (χ0v) is 9.03. The van der Waals surface area contributed by atoms with Crippen LogP contribution in [0.1, 0.15) is 32.3 Å². The molecule has 0 heterocycles. The first-order valence-electron chi connectivity index (χ1n) is 5.01. The second-order valence-corrected chi connectivity index (χ2v) is 3.79. The van der Waals surface area contributed by atoms with Gasteiger partial charge in [0.2, 0.25) is 0 Å². The summed E-state index contributed by atoms with van der Waals surface area (Å²) in [6.07, 6.45) is 0.169. The average molecular weight is 194 g/mol. The molecule has 14 heavy (non-hydrogen) atoms. The second kappa shape index (κ2) is 5.01. The highest BCUT2D eigenvalue weighted by Crippen LogP contribution is 2.26. The van der Waals surface area contributed by atoms with Crippen LogP contribution in [0.4, 0.5) is 0 Å². The Morgan fingerprint density at radius 3 is 2.43 bits per heavy atom. The first kappa shape index (κ1) is 11.1. The van der Waals surface area contributed by atoms with Crippen molar-refractivity contribution in [2.75, 3.05) is 6.61 Å². The van der Waals surface area contributed by atoms with Crippen LogP contribution in [0.2, 0.25) is 0 Å². The summed E-state index contributed by atoms with van der Waals surface area (Å²) in [7, 11) is 0. The molecule has 0 radical (unpaired) electrons. The fourth-order valence-electron chi connectivity index (χ4n) is 1.35. The number of rotatable bonds is 4. The standard InChI is InChI=1S/C12H18O2/c1-9(2)14-12-7-5-4-6-11(12)10(3)8-13/h4-7,9-10,13H,8H2,1-3H3. The number of aliphatic hydroxyl groups excluding tert-OH is 1. The Hall–Kier alpha value is -1.02. The van der Waals surface area contributed by atoms with Gasteiger partial charge in [0.25, 0.3) is 0 Å². The minimum atomic E-state index is 0.130. The van der Waals surface area contributed by atoms with E-state index in [0.29, 0.717) is 0 Å². The summed E-state index contributed by atoms with van der Waals surface area (Å²) in [4.78, 5) is 0. The normalized spacial score (nSPS) is 12.9. The number of ether oxygens (including phenoxy) is 1. The molecular formula is C12H18O2. The predicted octanol–water partition coefficient (Wildman–Crippen LogP) is 2.57. The van der Waals surface area contributed by atoms with Crippen LogP contribution in [0.15, 0.2) is 24.3 Å². The molecule has 0 aliphatic heterocycles. The molecule has 0 aliphatic carbocycles. The number of aliphatic hydroxyl groups is 1. The lowest BCUT2D eigenvalue weighted by Gasteiger charge is -2.17. The Morgan fingerprint density at radius 2 is 1.86 bits per heavy atom. The van der Waals surface area contributed by atoms with Crippen LogP contribution in [-0.2, 0) is 0 Å². The van der Waals surface area contributed by atoms with Gasteiger partial charge in [-0.1, -0.05) is 25.1 Å². The van der Waals surface area contributed by atoms with Crippen LogP contribution in [-0.4, -0.2) is 17.8 Å². The molecule has 1 unspecified atom stereocenters. The molecule has 1 aromatic rings. The van der Waals surface area contributed by atoms with Gasteiger partial charge in [-0.25, -0.2) is 0 Å². The molecule has 1 rings (SSSR count). The van der Waals surface area contributed by atoms with Gasteiger partial charge in [0.15, 0.2) is 0 Å². The van der Waals surface area contributed by atoms with E-state index in [4.69, 9.17) is 9.84 Å². The van der Waals surface area contributed by atoms with Gasteiger partial charge in [-0.2, -0.15) is 0 Å². The molecule has 1 N–H and O–H groups in total. The van der Waals surface area contributed by atoms with Crippen molar-refractivity contribution in [1.29, 1.82) is 0 Å². The van der Waals surface area contributed by atoms with E-state index < -0.39 is 0 Å². The number of para-hydroxylation sites is 1. The molecule has 1 atom stereocenters. The summed E-state index contributed by atoms with van der Waals surface area (Å²) >= 11 is 0. The Morgan fingerprint density at radius 1 is 1.21 bits per heavy atom. The maximum absolute atomic E-state index is 9.09.